The smallest absolute Gasteiger partial charge is 0.459 e. The van der Waals surface area contributed by atoms with Crippen molar-refractivity contribution < 1.29 is 47.6 Å². The Kier molecular flexibility index (Phi) is 10.6. The maximum Gasteiger partial charge on any atom is 0.459 e. The number of aromatic nitrogens is 4. The van der Waals surface area contributed by atoms with Crippen molar-refractivity contribution in [1.82, 2.24) is 24.6 Å². The highest BCUT2D eigenvalue weighted by atomic mass is 31.2. The van der Waals surface area contributed by atoms with Crippen LogP contribution in [0.15, 0.2) is 30.6 Å². The molecule has 3 unspecified atom stereocenters. The zero-order valence-electron chi connectivity index (χ0n) is 25.3. The Balaban J connectivity index is 1.57. The molecule has 1 aliphatic heterocycles. The number of aliphatic hydroxyl groups excluding tert-OH is 1. The highest BCUT2D eigenvalue weighted by molar-refractivity contribution is 7.52. The van der Waals surface area contributed by atoms with E-state index in [9.17, 15) is 24.4 Å². The molecule has 3 aromatic rings. The van der Waals surface area contributed by atoms with E-state index < -0.39 is 56.4 Å². The number of carbonyl (C=O) groups is 2. The number of rotatable bonds is 14. The fourth-order valence-electron chi connectivity index (χ4n) is 4.72. The minimum atomic E-state index is -4.43. The Labute approximate surface area is 258 Å². The fraction of sp³-hybridized carbons (Fsp3) is 0.519. The van der Waals surface area contributed by atoms with Gasteiger partial charge < -0.3 is 40.4 Å². The van der Waals surface area contributed by atoms with Gasteiger partial charge in [0.05, 0.1) is 26.1 Å². The lowest BCUT2D eigenvalue weighted by atomic mass is 9.96. The number of hydrogen-bond acceptors (Lipinski definition) is 15. The van der Waals surface area contributed by atoms with Crippen LogP contribution in [0.4, 0.5) is 11.8 Å². The van der Waals surface area contributed by atoms with Crippen LogP contribution >= 0.6 is 7.75 Å². The molecule has 6 atom stereocenters. The van der Waals surface area contributed by atoms with E-state index in [0.717, 1.165) is 0 Å². The summed E-state index contributed by atoms with van der Waals surface area (Å²) >= 11 is 0. The van der Waals surface area contributed by atoms with Crippen molar-refractivity contribution in [2.24, 2.45) is 0 Å². The van der Waals surface area contributed by atoms with Crippen LogP contribution in [0.2, 0.25) is 0 Å². The molecule has 3 heterocycles. The predicted molar refractivity (Wildman–Crippen MR) is 160 cm³/mol. The molecule has 0 saturated carbocycles. The average Bonchev–Trinajstić information content (AvgIpc) is 3.49. The molecule has 1 aromatic carbocycles. The first-order valence-corrected chi connectivity index (χ1v) is 15.8. The van der Waals surface area contributed by atoms with E-state index in [1.807, 2.05) is 0 Å². The average molecular weight is 652 g/mol. The summed E-state index contributed by atoms with van der Waals surface area (Å²) in [7, 11) is -4.43. The van der Waals surface area contributed by atoms with Crippen LogP contribution in [0, 0.1) is 0 Å². The number of benzene rings is 1. The molecule has 1 saturated heterocycles. The van der Waals surface area contributed by atoms with Gasteiger partial charge in [-0.15, -0.1) is 0 Å². The summed E-state index contributed by atoms with van der Waals surface area (Å²) in [4.78, 5) is 36.5. The molecule has 2 aromatic heterocycles. The molecule has 0 spiro atoms. The Morgan fingerprint density at radius 1 is 1.20 bits per heavy atom. The van der Waals surface area contributed by atoms with Crippen LogP contribution in [0.5, 0.6) is 5.75 Å². The molecule has 18 heteroatoms. The molecule has 17 nitrogen and oxygen atoms in total. The summed E-state index contributed by atoms with van der Waals surface area (Å²) in [5, 5.41) is 24.9. The van der Waals surface area contributed by atoms with E-state index >= 15 is 0 Å². The van der Waals surface area contributed by atoms with Crippen LogP contribution < -0.4 is 21.1 Å². The molecule has 7 N–H and O–H groups in total. The van der Waals surface area contributed by atoms with Gasteiger partial charge in [-0.05, 0) is 45.7 Å². The van der Waals surface area contributed by atoms with E-state index in [1.165, 1.54) is 30.8 Å². The summed E-state index contributed by atoms with van der Waals surface area (Å²) in [5.74, 6) is -1.14. The largest absolute Gasteiger partial charge is 0.466 e. The molecular formula is C27H38N7O10P. The molecule has 0 amide bonds. The van der Waals surface area contributed by atoms with Gasteiger partial charge in [0, 0.05) is 6.42 Å². The number of imidazole rings is 1. The van der Waals surface area contributed by atoms with Crippen molar-refractivity contribution in [3.8, 4) is 5.75 Å². The Bertz CT molecular complexity index is 1570. The van der Waals surface area contributed by atoms with E-state index in [4.69, 9.17) is 34.7 Å². The summed E-state index contributed by atoms with van der Waals surface area (Å²) in [6.45, 7) is 5.81. The van der Waals surface area contributed by atoms with Crippen LogP contribution in [0.1, 0.15) is 45.9 Å². The third-order valence-electron chi connectivity index (χ3n) is 6.97. The monoisotopic (exact) mass is 651 g/mol. The lowest BCUT2D eigenvalue weighted by Gasteiger charge is -2.27. The summed E-state index contributed by atoms with van der Waals surface area (Å²) < 4.78 is 43.1. The first-order chi connectivity index (χ1) is 21.3. The number of esters is 2. The first-order valence-electron chi connectivity index (χ1n) is 14.2. The Morgan fingerprint density at radius 3 is 2.62 bits per heavy atom. The number of fused-ring (bicyclic) bond motifs is 1. The van der Waals surface area contributed by atoms with Crippen molar-refractivity contribution in [2.45, 2.75) is 70.6 Å². The van der Waals surface area contributed by atoms with Gasteiger partial charge in [0.1, 0.15) is 35.1 Å². The summed E-state index contributed by atoms with van der Waals surface area (Å²) in [6, 6.07) is 5.41. The van der Waals surface area contributed by atoms with Gasteiger partial charge in [0.2, 0.25) is 5.95 Å². The van der Waals surface area contributed by atoms with Gasteiger partial charge in [-0.3, -0.25) is 18.7 Å². The number of hydrogen-bond donors (Lipinski definition) is 5. The van der Waals surface area contributed by atoms with E-state index in [1.54, 1.807) is 32.0 Å². The number of nitrogens with zero attached hydrogens (tertiary/aromatic N) is 4. The number of aryl methyl sites for hydroxylation is 1. The molecule has 1 aliphatic rings. The van der Waals surface area contributed by atoms with Gasteiger partial charge in [-0.1, -0.05) is 18.2 Å². The van der Waals surface area contributed by atoms with Gasteiger partial charge in [0.15, 0.2) is 17.7 Å². The number of nitrogens with two attached hydrogens (primary N) is 2. The zero-order valence-corrected chi connectivity index (χ0v) is 26.2. The van der Waals surface area contributed by atoms with Crippen molar-refractivity contribution >= 4 is 42.6 Å². The van der Waals surface area contributed by atoms with Crippen molar-refractivity contribution in [1.29, 1.82) is 0 Å². The standard InChI is InChI=1S/C27H38N7O10P/c1-5-40-19(35)12-11-16-9-7-8-10-17(16)44-45(39,33-15(3)24(37)41-6-2)42-13-18-21(36)27(4,38)25(43-18)34-14-30-20-22(28)31-26(29)32-23(20)34/h7-10,14-15,18,21,25,36,38H,5-6,11-13H2,1-4H3,(H,33,39)(H4,28,29,31,32)/t15?,18-,21?,25-,27-,45?/m1/s1. The maximum absolute atomic E-state index is 14.2. The van der Waals surface area contributed by atoms with Gasteiger partial charge in [-0.2, -0.15) is 15.1 Å². The topological polar surface area (TPSA) is 245 Å². The number of aliphatic hydroxyl groups is 2. The van der Waals surface area contributed by atoms with Gasteiger partial charge >= 0.3 is 19.7 Å². The first kappa shape index (κ1) is 34.0. The minimum Gasteiger partial charge on any atom is -0.466 e. The van der Waals surface area contributed by atoms with Crippen LogP contribution in [-0.2, 0) is 39.3 Å². The number of carbonyl (C=O) groups excluding carboxylic acids is 2. The highest BCUT2D eigenvalue weighted by Gasteiger charge is 2.54. The van der Waals surface area contributed by atoms with Gasteiger partial charge in [0.25, 0.3) is 0 Å². The fourth-order valence-corrected chi connectivity index (χ4v) is 6.26. The van der Waals surface area contributed by atoms with Gasteiger partial charge in [-0.25, -0.2) is 9.55 Å². The molecular weight excluding hydrogens is 613 g/mol. The number of para-hydroxylation sites is 1. The predicted octanol–water partition coefficient (Wildman–Crippen LogP) is 1.24. The number of nitrogen functional groups attached to an aromatic ring is 2. The number of nitrogens with one attached hydrogen (secondary N) is 1. The second kappa shape index (κ2) is 14.1. The summed E-state index contributed by atoms with van der Waals surface area (Å²) in [5.41, 5.74) is 10.6. The van der Waals surface area contributed by atoms with E-state index in [0.29, 0.717) is 5.56 Å². The lowest BCUT2D eigenvalue weighted by molar-refractivity contribution is -0.145. The third kappa shape index (κ3) is 7.69. The molecule has 4 rings (SSSR count). The highest BCUT2D eigenvalue weighted by Crippen LogP contribution is 2.48. The Morgan fingerprint density at radius 2 is 1.91 bits per heavy atom. The maximum atomic E-state index is 14.2. The number of anilines is 2. The zero-order chi connectivity index (χ0) is 32.9. The van der Waals surface area contributed by atoms with Crippen LogP contribution in [-0.4, -0.2) is 85.3 Å². The molecule has 0 radical (unpaired) electrons. The molecule has 0 aliphatic carbocycles. The molecule has 246 valence electrons. The molecule has 45 heavy (non-hydrogen) atoms. The van der Waals surface area contributed by atoms with Crippen molar-refractivity contribution in [2.75, 3.05) is 31.3 Å². The second-order valence-corrected chi connectivity index (χ2v) is 12.1. The summed E-state index contributed by atoms with van der Waals surface area (Å²) in [6.07, 6.45) is -2.53. The molecule has 0 bridgehead atoms. The van der Waals surface area contributed by atoms with E-state index in [-0.39, 0.29) is 54.7 Å². The number of ether oxygens (including phenoxy) is 3. The normalized spacial score (nSPS) is 23.4. The lowest BCUT2D eigenvalue weighted by Crippen LogP contribution is -2.44. The Hall–Kier alpha value is -3.86. The van der Waals surface area contributed by atoms with Crippen LogP contribution in [0.25, 0.3) is 11.2 Å². The quantitative estimate of drug-likeness (QED) is 0.122. The SMILES string of the molecule is CCOC(=O)CCc1ccccc1OP(=O)(NC(C)C(=O)OCC)OC[C@H]1O[C@@H](n2cnc3c(N)nc(N)nc32)[C@](C)(O)C1O. The van der Waals surface area contributed by atoms with Crippen molar-refractivity contribution in [3.05, 3.63) is 36.2 Å². The van der Waals surface area contributed by atoms with Crippen LogP contribution in [0.3, 0.4) is 0 Å². The third-order valence-corrected chi connectivity index (χ3v) is 8.60. The van der Waals surface area contributed by atoms with Crippen molar-refractivity contribution in [3.63, 3.8) is 0 Å². The van der Waals surface area contributed by atoms with E-state index in [2.05, 4.69) is 20.0 Å². The molecule has 1 fully saturated rings. The minimum absolute atomic E-state index is 0.0109. The second-order valence-electron chi connectivity index (χ2n) is 10.4.